The number of hydrogen-bond acceptors (Lipinski definition) is 4. The minimum Gasteiger partial charge on any atom is -0.476 e. The first kappa shape index (κ1) is 7.01. The maximum Gasteiger partial charge on any atom is 0.355 e. The molecule has 54 valence electrons. The first-order chi connectivity index (χ1) is 4.61. The molecule has 4 nitrogen and oxygen atoms in total. The molecule has 0 amide bonds. The molecule has 0 aliphatic rings. The molecule has 0 aromatic carbocycles. The van der Waals surface area contributed by atoms with Crippen LogP contribution in [0.25, 0.3) is 0 Å². The van der Waals surface area contributed by atoms with Crippen molar-refractivity contribution >= 4 is 22.4 Å². The van der Waals surface area contributed by atoms with Gasteiger partial charge in [0.05, 0.1) is 0 Å². The van der Waals surface area contributed by atoms with E-state index in [4.69, 9.17) is 10.8 Å². The van der Waals surface area contributed by atoms with Crippen LogP contribution in [0.1, 0.15) is 15.4 Å². The van der Waals surface area contributed by atoms with Crippen LogP contribution in [0.2, 0.25) is 0 Å². The number of aromatic carboxylic acids is 1. The standard InChI is InChI=1S/C5H6N2O2S/c1-2-3(4(8)9)7-5(6)10-2/h1H3,(H2,6,7)(H,8,9). The van der Waals surface area contributed by atoms with Crippen molar-refractivity contribution < 1.29 is 9.90 Å². The van der Waals surface area contributed by atoms with Gasteiger partial charge in [0, 0.05) is 4.88 Å². The fourth-order valence-corrected chi connectivity index (χ4v) is 1.30. The molecule has 0 atom stereocenters. The van der Waals surface area contributed by atoms with Crippen LogP contribution in [-0.2, 0) is 0 Å². The van der Waals surface area contributed by atoms with Gasteiger partial charge in [-0.15, -0.1) is 11.3 Å². The lowest BCUT2D eigenvalue weighted by Crippen LogP contribution is -1.98. The number of carbonyl (C=O) groups is 1. The van der Waals surface area contributed by atoms with Gasteiger partial charge in [0.2, 0.25) is 0 Å². The lowest BCUT2D eigenvalue weighted by atomic mass is 10.4. The van der Waals surface area contributed by atoms with Gasteiger partial charge in [-0.05, 0) is 6.92 Å². The lowest BCUT2D eigenvalue weighted by molar-refractivity contribution is 0.0691. The molecule has 0 fully saturated rings. The Hall–Kier alpha value is -1.10. The minimum absolute atomic E-state index is 0.0579. The van der Waals surface area contributed by atoms with Gasteiger partial charge in [0.15, 0.2) is 10.8 Å². The molecule has 0 saturated heterocycles. The van der Waals surface area contributed by atoms with Crippen molar-refractivity contribution in [2.45, 2.75) is 6.92 Å². The number of nitrogens with zero attached hydrogens (tertiary/aromatic N) is 1. The summed E-state index contributed by atoms with van der Waals surface area (Å²) in [5.74, 6) is -1.02. The molecule has 0 spiro atoms. The number of rotatable bonds is 1. The molecule has 1 heterocycles. The molecule has 5 heteroatoms. The fraction of sp³-hybridized carbons (Fsp3) is 0.200. The highest BCUT2D eigenvalue weighted by molar-refractivity contribution is 7.15. The summed E-state index contributed by atoms with van der Waals surface area (Å²) in [5, 5.41) is 8.77. The smallest absolute Gasteiger partial charge is 0.355 e. The predicted octanol–water partition coefficient (Wildman–Crippen LogP) is 0.732. The topological polar surface area (TPSA) is 76.2 Å². The normalized spacial score (nSPS) is 9.70. The third-order valence-electron chi connectivity index (χ3n) is 1.02. The average Bonchev–Trinajstić information content (AvgIpc) is 2.10. The number of carboxylic acids is 1. The third kappa shape index (κ3) is 1.08. The molecule has 0 radical (unpaired) electrons. The summed E-state index contributed by atoms with van der Waals surface area (Å²) in [6.45, 7) is 1.68. The molecule has 1 aromatic rings. The van der Waals surface area contributed by atoms with Gasteiger partial charge in [0.25, 0.3) is 0 Å². The summed E-state index contributed by atoms with van der Waals surface area (Å²) in [6.07, 6.45) is 0. The average molecular weight is 158 g/mol. The van der Waals surface area contributed by atoms with Crippen molar-refractivity contribution in [1.29, 1.82) is 0 Å². The molecular weight excluding hydrogens is 152 g/mol. The summed E-state index contributed by atoms with van der Waals surface area (Å²) >= 11 is 1.18. The van der Waals surface area contributed by atoms with Crippen LogP contribution >= 0.6 is 11.3 Å². The van der Waals surface area contributed by atoms with Gasteiger partial charge < -0.3 is 10.8 Å². The Labute approximate surface area is 61.3 Å². The zero-order chi connectivity index (χ0) is 7.72. The molecule has 1 aromatic heterocycles. The number of nitrogens with two attached hydrogens (primary N) is 1. The number of thiazole rings is 1. The lowest BCUT2D eigenvalue weighted by Gasteiger charge is -1.84. The van der Waals surface area contributed by atoms with E-state index < -0.39 is 5.97 Å². The Morgan fingerprint density at radius 3 is 2.60 bits per heavy atom. The Morgan fingerprint density at radius 2 is 2.40 bits per heavy atom. The van der Waals surface area contributed by atoms with Crippen LogP contribution in [0.4, 0.5) is 5.13 Å². The molecule has 1 rings (SSSR count). The van der Waals surface area contributed by atoms with Crippen LogP contribution in [0.15, 0.2) is 0 Å². The molecule has 3 N–H and O–H groups in total. The maximum absolute atomic E-state index is 10.3. The number of aromatic nitrogens is 1. The van der Waals surface area contributed by atoms with Crippen LogP contribution in [-0.4, -0.2) is 16.1 Å². The molecule has 0 aliphatic carbocycles. The van der Waals surface area contributed by atoms with Crippen LogP contribution in [0, 0.1) is 6.92 Å². The van der Waals surface area contributed by atoms with Crippen LogP contribution in [0.3, 0.4) is 0 Å². The first-order valence-electron chi connectivity index (χ1n) is 2.57. The molecule has 0 aliphatic heterocycles. The highest BCUT2D eigenvalue weighted by Gasteiger charge is 2.11. The summed E-state index contributed by atoms with van der Waals surface area (Å²) < 4.78 is 0. The van der Waals surface area contributed by atoms with Gasteiger partial charge in [-0.2, -0.15) is 0 Å². The van der Waals surface area contributed by atoms with Crippen molar-refractivity contribution in [1.82, 2.24) is 4.98 Å². The molecule has 10 heavy (non-hydrogen) atoms. The van der Waals surface area contributed by atoms with E-state index in [0.29, 0.717) is 10.0 Å². The monoisotopic (exact) mass is 158 g/mol. The van der Waals surface area contributed by atoms with E-state index in [9.17, 15) is 4.79 Å². The Morgan fingerprint density at radius 1 is 1.80 bits per heavy atom. The van der Waals surface area contributed by atoms with E-state index >= 15 is 0 Å². The molecule has 0 bridgehead atoms. The number of nitrogen functional groups attached to an aromatic ring is 1. The van der Waals surface area contributed by atoms with Crippen molar-refractivity contribution in [3.05, 3.63) is 10.6 Å². The number of carboxylic acid groups (broad SMARTS) is 1. The zero-order valence-corrected chi connectivity index (χ0v) is 6.10. The summed E-state index contributed by atoms with van der Waals surface area (Å²) in [6, 6.07) is 0. The Bertz CT molecular complexity index is 269. The van der Waals surface area contributed by atoms with Crippen LogP contribution < -0.4 is 5.73 Å². The molecule has 0 saturated carbocycles. The van der Waals surface area contributed by atoms with E-state index in [1.165, 1.54) is 11.3 Å². The highest BCUT2D eigenvalue weighted by atomic mass is 32.1. The fourth-order valence-electron chi connectivity index (χ4n) is 0.615. The maximum atomic E-state index is 10.3. The van der Waals surface area contributed by atoms with Gasteiger partial charge >= 0.3 is 5.97 Å². The zero-order valence-electron chi connectivity index (χ0n) is 5.29. The van der Waals surface area contributed by atoms with E-state index in [2.05, 4.69) is 4.98 Å². The van der Waals surface area contributed by atoms with Crippen molar-refractivity contribution in [3.8, 4) is 0 Å². The number of aryl methyl sites for hydroxylation is 1. The van der Waals surface area contributed by atoms with E-state index in [1.54, 1.807) is 6.92 Å². The number of hydrogen-bond donors (Lipinski definition) is 2. The van der Waals surface area contributed by atoms with Crippen molar-refractivity contribution in [2.75, 3.05) is 5.73 Å². The SMILES string of the molecule is Cc1sc(N)nc1C(=O)O. The quantitative estimate of drug-likeness (QED) is 0.631. The largest absolute Gasteiger partial charge is 0.476 e. The number of anilines is 1. The van der Waals surface area contributed by atoms with Crippen molar-refractivity contribution in [3.63, 3.8) is 0 Å². The highest BCUT2D eigenvalue weighted by Crippen LogP contribution is 2.18. The second-order valence-corrected chi connectivity index (χ2v) is 3.00. The summed E-state index contributed by atoms with van der Waals surface area (Å²) in [5.41, 5.74) is 5.32. The Kier molecular flexibility index (Phi) is 1.58. The second kappa shape index (κ2) is 2.26. The van der Waals surface area contributed by atoms with Gasteiger partial charge in [-0.3, -0.25) is 0 Å². The van der Waals surface area contributed by atoms with Crippen molar-refractivity contribution in [2.24, 2.45) is 0 Å². The van der Waals surface area contributed by atoms with Crippen LogP contribution in [0.5, 0.6) is 0 Å². The molecular formula is C5H6N2O2S. The summed E-state index contributed by atoms with van der Waals surface area (Å²) in [7, 11) is 0. The third-order valence-corrected chi connectivity index (χ3v) is 1.82. The van der Waals surface area contributed by atoms with E-state index in [-0.39, 0.29) is 5.69 Å². The van der Waals surface area contributed by atoms with Gasteiger partial charge in [0.1, 0.15) is 0 Å². The first-order valence-corrected chi connectivity index (χ1v) is 3.39. The van der Waals surface area contributed by atoms with Gasteiger partial charge in [-0.25, -0.2) is 9.78 Å². The second-order valence-electron chi connectivity index (χ2n) is 1.76. The minimum atomic E-state index is -1.02. The van der Waals surface area contributed by atoms with Gasteiger partial charge in [-0.1, -0.05) is 0 Å². The Balaban J connectivity index is 3.15. The summed E-state index contributed by atoms with van der Waals surface area (Å²) in [4.78, 5) is 14.6. The van der Waals surface area contributed by atoms with E-state index in [1.807, 2.05) is 0 Å². The predicted molar refractivity (Wildman–Crippen MR) is 38.2 cm³/mol. The van der Waals surface area contributed by atoms with E-state index in [0.717, 1.165) is 0 Å². The molecule has 0 unspecified atom stereocenters.